The maximum Gasteiger partial charge on any atom is 0.332 e. The van der Waals surface area contributed by atoms with Gasteiger partial charge in [0, 0.05) is 29.5 Å². The van der Waals surface area contributed by atoms with Gasteiger partial charge in [-0.3, -0.25) is 19.6 Å². The first-order valence-electron chi connectivity index (χ1n) is 11.6. The van der Waals surface area contributed by atoms with E-state index in [0.717, 1.165) is 14.9 Å². The molecule has 1 unspecified atom stereocenters. The van der Waals surface area contributed by atoms with Gasteiger partial charge in [0.25, 0.3) is 11.8 Å². The molecule has 1 fully saturated rings. The number of hydrogen-bond acceptors (Lipinski definition) is 5. The first-order valence-corrected chi connectivity index (χ1v) is 12.4. The van der Waals surface area contributed by atoms with Crippen LogP contribution < -0.4 is 15.7 Å². The number of urea groups is 1. The van der Waals surface area contributed by atoms with Gasteiger partial charge in [0.15, 0.2) is 0 Å². The normalized spacial score (nSPS) is 15.1. The third-order valence-corrected chi connectivity index (χ3v) is 6.61. The fourth-order valence-electron chi connectivity index (χ4n) is 4.20. The number of halogens is 1. The Morgan fingerprint density at radius 2 is 1.59 bits per heavy atom. The van der Waals surface area contributed by atoms with Crippen LogP contribution >= 0.6 is 15.9 Å². The number of carbonyl (C=O) groups is 4. The number of para-hydroxylation sites is 1. The number of nitrogens with one attached hydrogen (secondary N) is 2. The summed E-state index contributed by atoms with van der Waals surface area (Å²) in [5.41, 5.74) is 3.69. The Bertz CT molecular complexity index is 1300. The quantitative estimate of drug-likeness (QED) is 0.206. The van der Waals surface area contributed by atoms with Crippen LogP contribution in [0.2, 0.25) is 0 Å². The maximum atomic E-state index is 13.4. The molecule has 3 N–H and O–H groups in total. The van der Waals surface area contributed by atoms with Crippen LogP contribution in [-0.4, -0.2) is 39.9 Å². The van der Waals surface area contributed by atoms with Crippen LogP contribution in [0.3, 0.4) is 0 Å². The molecule has 1 atom stereocenters. The number of rotatable bonds is 9. The first kappa shape index (κ1) is 26.1. The van der Waals surface area contributed by atoms with Gasteiger partial charge in [0.1, 0.15) is 6.04 Å². The fraction of sp³-hybridized carbons (Fsp3) is 0.185. The molecule has 10 heteroatoms. The highest BCUT2D eigenvalue weighted by Gasteiger charge is 2.45. The van der Waals surface area contributed by atoms with Gasteiger partial charge in [-0.15, -0.1) is 0 Å². The lowest BCUT2D eigenvalue weighted by atomic mass is 10.1. The van der Waals surface area contributed by atoms with Crippen molar-refractivity contribution in [3.63, 3.8) is 0 Å². The largest absolute Gasteiger partial charge is 0.352 e. The average molecular weight is 565 g/mol. The molecule has 0 spiro atoms. The molecule has 4 rings (SSSR count). The molecule has 1 heterocycles. The van der Waals surface area contributed by atoms with Gasteiger partial charge < -0.3 is 10.2 Å². The Kier molecular flexibility index (Phi) is 8.32. The van der Waals surface area contributed by atoms with Gasteiger partial charge in [0.2, 0.25) is 5.91 Å². The number of imide groups is 1. The van der Waals surface area contributed by atoms with Crippen LogP contribution in [0, 0.1) is 0 Å². The van der Waals surface area contributed by atoms with E-state index in [1.54, 1.807) is 54.0 Å². The van der Waals surface area contributed by atoms with Crippen molar-refractivity contribution < 1.29 is 24.4 Å². The zero-order chi connectivity index (χ0) is 26.4. The summed E-state index contributed by atoms with van der Waals surface area (Å²) in [6.07, 6.45) is 0.132. The van der Waals surface area contributed by atoms with E-state index in [9.17, 15) is 19.2 Å². The van der Waals surface area contributed by atoms with Crippen LogP contribution in [0.5, 0.6) is 0 Å². The smallest absolute Gasteiger partial charge is 0.332 e. The summed E-state index contributed by atoms with van der Waals surface area (Å²) >= 11 is 3.40. The lowest BCUT2D eigenvalue weighted by Gasteiger charge is -2.22. The number of benzene rings is 3. The highest BCUT2D eigenvalue weighted by Crippen LogP contribution is 2.29. The molecular weight excluding hydrogens is 540 g/mol. The molecular formula is C27H25BrN4O5. The van der Waals surface area contributed by atoms with Crippen LogP contribution in [0.25, 0.3) is 0 Å². The van der Waals surface area contributed by atoms with Crippen molar-refractivity contribution in [2.24, 2.45) is 0 Å². The highest BCUT2D eigenvalue weighted by atomic mass is 79.9. The van der Waals surface area contributed by atoms with Crippen molar-refractivity contribution in [3.05, 3.63) is 100 Å². The molecule has 1 saturated heterocycles. The van der Waals surface area contributed by atoms with Crippen molar-refractivity contribution >= 4 is 45.4 Å². The molecule has 3 aromatic carbocycles. The average Bonchev–Trinajstić information content (AvgIpc) is 3.15. The standard InChI is InChI=1S/C27H25BrN4O5/c28-20-12-10-18(11-13-20)17-31-23(26(35)32(27(31)36)21-7-2-1-3-8-21)14-15-24(33)29-16-19-6-4-5-9-22(19)25(34)30-37/h1-13,23,37H,14-17H2,(H,29,33)(H,30,34). The number of carbonyl (C=O) groups excluding carboxylic acids is 4. The summed E-state index contributed by atoms with van der Waals surface area (Å²) in [5.74, 6) is -1.39. The summed E-state index contributed by atoms with van der Waals surface area (Å²) < 4.78 is 0.900. The second-order valence-corrected chi connectivity index (χ2v) is 9.39. The van der Waals surface area contributed by atoms with Crippen molar-refractivity contribution in [1.82, 2.24) is 15.7 Å². The minimum Gasteiger partial charge on any atom is -0.352 e. The van der Waals surface area contributed by atoms with E-state index in [1.165, 1.54) is 11.0 Å². The van der Waals surface area contributed by atoms with Gasteiger partial charge in [-0.05, 0) is 47.9 Å². The summed E-state index contributed by atoms with van der Waals surface area (Å²) in [5, 5.41) is 11.7. The van der Waals surface area contributed by atoms with Crippen molar-refractivity contribution in [2.75, 3.05) is 4.90 Å². The maximum absolute atomic E-state index is 13.4. The molecule has 0 aliphatic carbocycles. The fourth-order valence-corrected chi connectivity index (χ4v) is 4.47. The van der Waals surface area contributed by atoms with Gasteiger partial charge in [-0.2, -0.15) is 0 Å². The molecule has 0 bridgehead atoms. The highest BCUT2D eigenvalue weighted by molar-refractivity contribution is 9.10. The molecule has 1 aliphatic heterocycles. The Morgan fingerprint density at radius 1 is 0.919 bits per heavy atom. The zero-order valence-electron chi connectivity index (χ0n) is 19.8. The Labute approximate surface area is 222 Å². The first-order chi connectivity index (χ1) is 17.9. The van der Waals surface area contributed by atoms with Gasteiger partial charge >= 0.3 is 6.03 Å². The number of anilines is 1. The number of hydroxylamine groups is 1. The molecule has 5 amide bonds. The molecule has 37 heavy (non-hydrogen) atoms. The van der Waals surface area contributed by atoms with E-state index in [2.05, 4.69) is 21.2 Å². The second kappa shape index (κ2) is 11.8. The minimum absolute atomic E-state index is 0.00246. The predicted octanol–water partition coefficient (Wildman–Crippen LogP) is 4.00. The summed E-state index contributed by atoms with van der Waals surface area (Å²) in [7, 11) is 0. The molecule has 0 saturated carbocycles. The third kappa shape index (κ3) is 6.04. The Balaban J connectivity index is 1.47. The molecule has 9 nitrogen and oxygen atoms in total. The molecule has 1 aliphatic rings. The van der Waals surface area contributed by atoms with Crippen molar-refractivity contribution in [3.8, 4) is 0 Å². The summed E-state index contributed by atoms with van der Waals surface area (Å²) in [6.45, 7) is 0.288. The number of amides is 5. The topological polar surface area (TPSA) is 119 Å². The van der Waals surface area contributed by atoms with Crippen molar-refractivity contribution in [1.29, 1.82) is 0 Å². The molecule has 3 aromatic rings. The molecule has 0 radical (unpaired) electrons. The van der Waals surface area contributed by atoms with E-state index in [0.29, 0.717) is 11.3 Å². The van der Waals surface area contributed by atoms with Gasteiger partial charge in [0.05, 0.1) is 5.69 Å². The molecule has 190 valence electrons. The van der Waals surface area contributed by atoms with Crippen LogP contribution in [0.1, 0.15) is 34.3 Å². The van der Waals surface area contributed by atoms with Gasteiger partial charge in [-0.1, -0.05) is 64.5 Å². The second-order valence-electron chi connectivity index (χ2n) is 8.48. The van der Waals surface area contributed by atoms with E-state index in [1.807, 2.05) is 24.3 Å². The number of hydrogen-bond donors (Lipinski definition) is 3. The monoisotopic (exact) mass is 564 g/mol. The number of nitrogens with zero attached hydrogens (tertiary/aromatic N) is 2. The Hall–Kier alpha value is -4.02. The third-order valence-electron chi connectivity index (χ3n) is 6.08. The summed E-state index contributed by atoms with van der Waals surface area (Å²) in [6, 6.07) is 21.5. The van der Waals surface area contributed by atoms with Crippen molar-refractivity contribution in [2.45, 2.75) is 32.0 Å². The van der Waals surface area contributed by atoms with E-state index in [4.69, 9.17) is 5.21 Å². The lowest BCUT2D eigenvalue weighted by molar-refractivity contribution is -0.122. The van der Waals surface area contributed by atoms with Crippen LogP contribution in [0.15, 0.2) is 83.3 Å². The lowest BCUT2D eigenvalue weighted by Crippen LogP contribution is -2.36. The Morgan fingerprint density at radius 3 is 2.30 bits per heavy atom. The van der Waals surface area contributed by atoms with E-state index < -0.39 is 18.0 Å². The van der Waals surface area contributed by atoms with Gasteiger partial charge in [-0.25, -0.2) is 15.2 Å². The summed E-state index contributed by atoms with van der Waals surface area (Å²) in [4.78, 5) is 53.9. The van der Waals surface area contributed by atoms with E-state index >= 15 is 0 Å². The molecule has 0 aromatic heterocycles. The SMILES string of the molecule is O=C(CCC1C(=O)N(c2ccccc2)C(=O)N1Cc1ccc(Br)cc1)NCc1ccccc1C(=O)NO. The van der Waals surface area contributed by atoms with E-state index in [-0.39, 0.29) is 43.3 Å². The zero-order valence-corrected chi connectivity index (χ0v) is 21.3. The van der Waals surface area contributed by atoms with Crippen LogP contribution in [-0.2, 0) is 22.7 Å². The minimum atomic E-state index is -0.811. The van der Waals surface area contributed by atoms with Crippen LogP contribution in [0.4, 0.5) is 10.5 Å². The predicted molar refractivity (Wildman–Crippen MR) is 140 cm³/mol.